The third kappa shape index (κ3) is 2.62. The van der Waals surface area contributed by atoms with E-state index in [1.165, 1.54) is 12.2 Å². The van der Waals surface area contributed by atoms with Gasteiger partial charge < -0.3 is 4.74 Å². The second kappa shape index (κ2) is 5.70. The quantitative estimate of drug-likeness (QED) is 0.659. The minimum atomic E-state index is 0.108. The van der Waals surface area contributed by atoms with E-state index >= 15 is 0 Å². The molecule has 1 heterocycles. The molecule has 100 valence electrons. The summed E-state index contributed by atoms with van der Waals surface area (Å²) in [6.07, 6.45) is 2.40. The molecular weight excluding hydrogens is 268 g/mol. The Morgan fingerprint density at radius 1 is 1.56 bits per heavy atom. The van der Waals surface area contributed by atoms with E-state index in [1.54, 1.807) is 7.11 Å². The summed E-state index contributed by atoms with van der Waals surface area (Å²) in [5.74, 6) is 7.65. The van der Waals surface area contributed by atoms with Gasteiger partial charge in [0.05, 0.1) is 18.2 Å². The maximum Gasteiger partial charge on any atom is 0.137 e. The molecule has 3 nitrogen and oxygen atoms in total. The molecule has 0 saturated carbocycles. The van der Waals surface area contributed by atoms with Crippen molar-refractivity contribution in [1.82, 2.24) is 5.43 Å². The molecule has 0 bridgehead atoms. The van der Waals surface area contributed by atoms with Crippen LogP contribution in [-0.4, -0.2) is 17.6 Å². The molecular formula is C13H19ClN2OS. The van der Waals surface area contributed by atoms with Crippen molar-refractivity contribution in [3.63, 3.8) is 0 Å². The van der Waals surface area contributed by atoms with E-state index in [9.17, 15) is 0 Å². The third-order valence-corrected chi connectivity index (χ3v) is 5.44. The minimum Gasteiger partial charge on any atom is -0.495 e. The van der Waals surface area contributed by atoms with Crippen LogP contribution in [0, 0.1) is 0 Å². The molecule has 1 aromatic carbocycles. The molecule has 2 atom stereocenters. The predicted molar refractivity (Wildman–Crippen MR) is 78.2 cm³/mol. The lowest BCUT2D eigenvalue weighted by Gasteiger charge is -2.33. The van der Waals surface area contributed by atoms with Crippen molar-refractivity contribution in [3.05, 3.63) is 28.8 Å². The Kier molecular flexibility index (Phi) is 4.43. The summed E-state index contributed by atoms with van der Waals surface area (Å²) in [6, 6.07) is 5.95. The number of rotatable bonds is 4. The van der Waals surface area contributed by atoms with Gasteiger partial charge in [0.25, 0.3) is 0 Å². The molecule has 3 N–H and O–H groups in total. The number of hydrazine groups is 1. The number of ether oxygens (including phenoxy) is 1. The number of hydrogen-bond acceptors (Lipinski definition) is 4. The highest BCUT2D eigenvalue weighted by atomic mass is 35.5. The van der Waals surface area contributed by atoms with Gasteiger partial charge in [0.1, 0.15) is 5.75 Å². The van der Waals surface area contributed by atoms with Crippen LogP contribution in [0.15, 0.2) is 18.2 Å². The molecule has 2 unspecified atom stereocenters. The number of nitrogens with two attached hydrogens (primary N) is 1. The van der Waals surface area contributed by atoms with E-state index in [0.29, 0.717) is 10.8 Å². The number of halogens is 1. The average molecular weight is 287 g/mol. The standard InChI is InChI=1S/C13H19ClN2OS/c1-13(6-3-7-18-13)12(16-15)9-4-5-10(14)11(8-9)17-2/h4-5,8,12,16H,3,6-7,15H2,1-2H3. The molecule has 1 aromatic rings. The SMILES string of the molecule is COc1cc(C(NN)C2(C)CCCS2)ccc1Cl. The lowest BCUT2D eigenvalue weighted by molar-refractivity contribution is 0.403. The average Bonchev–Trinajstić information content (AvgIpc) is 2.80. The molecule has 18 heavy (non-hydrogen) atoms. The van der Waals surface area contributed by atoms with Gasteiger partial charge in [-0.1, -0.05) is 17.7 Å². The Labute approximate surface area is 117 Å². The van der Waals surface area contributed by atoms with Crippen LogP contribution in [0.25, 0.3) is 0 Å². The van der Waals surface area contributed by atoms with Gasteiger partial charge in [0.15, 0.2) is 0 Å². The molecule has 1 aliphatic heterocycles. The summed E-state index contributed by atoms with van der Waals surface area (Å²) >= 11 is 8.03. The first-order chi connectivity index (χ1) is 8.60. The van der Waals surface area contributed by atoms with Gasteiger partial charge in [-0.15, -0.1) is 0 Å². The van der Waals surface area contributed by atoms with Gasteiger partial charge in [-0.25, -0.2) is 0 Å². The van der Waals surface area contributed by atoms with Crippen molar-refractivity contribution >= 4 is 23.4 Å². The van der Waals surface area contributed by atoms with Crippen molar-refractivity contribution in [1.29, 1.82) is 0 Å². The Hall–Kier alpha value is -0.420. The van der Waals surface area contributed by atoms with E-state index < -0.39 is 0 Å². The van der Waals surface area contributed by atoms with Crippen molar-refractivity contribution in [2.45, 2.75) is 30.6 Å². The second-order valence-corrected chi connectivity index (χ2v) is 6.80. The lowest BCUT2D eigenvalue weighted by Crippen LogP contribution is -2.41. The zero-order valence-electron chi connectivity index (χ0n) is 10.7. The molecule has 0 radical (unpaired) electrons. The Morgan fingerprint density at radius 2 is 2.33 bits per heavy atom. The van der Waals surface area contributed by atoms with Gasteiger partial charge in [-0.2, -0.15) is 11.8 Å². The summed E-state index contributed by atoms with van der Waals surface area (Å²) in [5.41, 5.74) is 4.07. The molecule has 1 fully saturated rings. The van der Waals surface area contributed by atoms with Crippen molar-refractivity contribution < 1.29 is 4.74 Å². The molecule has 1 aliphatic rings. The fourth-order valence-corrected chi connectivity index (χ4v) is 4.12. The molecule has 0 aromatic heterocycles. The zero-order chi connectivity index (χ0) is 13.2. The fourth-order valence-electron chi connectivity index (χ4n) is 2.51. The molecule has 0 aliphatic carbocycles. The highest BCUT2D eigenvalue weighted by Crippen LogP contribution is 2.47. The van der Waals surface area contributed by atoms with Crippen LogP contribution >= 0.6 is 23.4 Å². The van der Waals surface area contributed by atoms with E-state index in [4.69, 9.17) is 22.2 Å². The Morgan fingerprint density at radius 3 is 2.89 bits per heavy atom. The maximum atomic E-state index is 6.06. The Balaban J connectivity index is 2.32. The number of benzene rings is 1. The normalized spacial score (nSPS) is 25.1. The fraction of sp³-hybridized carbons (Fsp3) is 0.538. The second-order valence-electron chi connectivity index (χ2n) is 4.76. The molecule has 5 heteroatoms. The van der Waals surface area contributed by atoms with Crippen LogP contribution in [0.4, 0.5) is 0 Å². The molecule has 2 rings (SSSR count). The van der Waals surface area contributed by atoms with Crippen molar-refractivity contribution in [2.24, 2.45) is 5.84 Å². The predicted octanol–water partition coefficient (Wildman–Crippen LogP) is 3.14. The first kappa shape index (κ1) is 14.0. The van der Waals surface area contributed by atoms with Crippen LogP contribution in [-0.2, 0) is 0 Å². The number of nitrogens with one attached hydrogen (secondary N) is 1. The van der Waals surface area contributed by atoms with E-state index in [0.717, 1.165) is 12.0 Å². The highest BCUT2D eigenvalue weighted by molar-refractivity contribution is 8.00. The summed E-state index contributed by atoms with van der Waals surface area (Å²) in [7, 11) is 1.63. The van der Waals surface area contributed by atoms with Crippen LogP contribution in [0.3, 0.4) is 0 Å². The first-order valence-corrected chi connectivity index (χ1v) is 7.40. The summed E-state index contributed by atoms with van der Waals surface area (Å²) in [6.45, 7) is 2.26. The van der Waals surface area contributed by atoms with Gasteiger partial charge in [0, 0.05) is 4.75 Å². The highest BCUT2D eigenvalue weighted by Gasteiger charge is 2.38. The van der Waals surface area contributed by atoms with Crippen LogP contribution < -0.4 is 16.0 Å². The summed E-state index contributed by atoms with van der Waals surface area (Å²) in [5, 5.41) is 0.626. The van der Waals surface area contributed by atoms with Crippen LogP contribution in [0.2, 0.25) is 5.02 Å². The number of thioether (sulfide) groups is 1. The van der Waals surface area contributed by atoms with Gasteiger partial charge >= 0.3 is 0 Å². The lowest BCUT2D eigenvalue weighted by atomic mass is 9.90. The van der Waals surface area contributed by atoms with E-state index in [2.05, 4.69) is 12.3 Å². The summed E-state index contributed by atoms with van der Waals surface area (Å²) < 4.78 is 5.40. The number of hydrogen-bond donors (Lipinski definition) is 2. The zero-order valence-corrected chi connectivity index (χ0v) is 12.3. The van der Waals surface area contributed by atoms with E-state index in [-0.39, 0.29) is 10.8 Å². The first-order valence-electron chi connectivity index (χ1n) is 6.04. The van der Waals surface area contributed by atoms with Gasteiger partial charge in [-0.3, -0.25) is 11.3 Å². The van der Waals surface area contributed by atoms with Crippen LogP contribution in [0.5, 0.6) is 5.75 Å². The van der Waals surface area contributed by atoms with Gasteiger partial charge in [-0.05, 0) is 43.2 Å². The van der Waals surface area contributed by atoms with Crippen molar-refractivity contribution in [2.75, 3.05) is 12.9 Å². The Bertz CT molecular complexity index is 421. The van der Waals surface area contributed by atoms with Crippen LogP contribution in [0.1, 0.15) is 31.4 Å². The smallest absolute Gasteiger partial charge is 0.137 e. The topological polar surface area (TPSA) is 47.3 Å². The van der Waals surface area contributed by atoms with E-state index in [1.807, 2.05) is 30.0 Å². The van der Waals surface area contributed by atoms with Gasteiger partial charge in [0.2, 0.25) is 0 Å². The molecule has 0 amide bonds. The minimum absolute atomic E-state index is 0.108. The number of methoxy groups -OCH3 is 1. The third-order valence-electron chi connectivity index (χ3n) is 3.54. The monoisotopic (exact) mass is 286 g/mol. The maximum absolute atomic E-state index is 6.06. The summed E-state index contributed by atoms with van der Waals surface area (Å²) in [4.78, 5) is 0. The molecule has 0 spiro atoms. The largest absolute Gasteiger partial charge is 0.495 e. The van der Waals surface area contributed by atoms with Crippen molar-refractivity contribution in [3.8, 4) is 5.75 Å². The molecule has 1 saturated heterocycles.